The van der Waals surface area contributed by atoms with Crippen LogP contribution in [0.3, 0.4) is 0 Å². The largest absolute Gasteiger partial charge is 0.481 e. The Balaban J connectivity index is 1.59. The van der Waals surface area contributed by atoms with E-state index < -0.39 is 5.97 Å². The van der Waals surface area contributed by atoms with E-state index in [1.807, 2.05) is 24.3 Å². The van der Waals surface area contributed by atoms with Crippen LogP contribution >= 0.6 is 11.6 Å². The molecule has 0 saturated carbocycles. The third kappa shape index (κ3) is 4.58. The van der Waals surface area contributed by atoms with Gasteiger partial charge in [-0.25, -0.2) is 4.98 Å². The lowest BCUT2D eigenvalue weighted by molar-refractivity contribution is -0.137. The smallest absolute Gasteiger partial charge is 0.303 e. The number of benzene rings is 1. The highest BCUT2D eigenvalue weighted by Gasteiger charge is 2.21. The topological polar surface area (TPSA) is 66.6 Å². The first-order valence-corrected chi connectivity index (χ1v) is 8.62. The number of carbonyl (C=O) groups is 1. The SMILES string of the molecule is O=C(O)CCC1CCCN(Cc2coc(-c3cccc(Cl)c3)n2)C1. The molecule has 1 atom stereocenters. The van der Waals surface area contributed by atoms with Gasteiger partial charge in [-0.3, -0.25) is 9.69 Å². The molecule has 2 aromatic rings. The van der Waals surface area contributed by atoms with Crippen LogP contribution in [-0.4, -0.2) is 34.0 Å². The Hall–Kier alpha value is -1.85. The van der Waals surface area contributed by atoms with E-state index in [1.54, 1.807) is 6.26 Å². The van der Waals surface area contributed by atoms with Crippen LogP contribution < -0.4 is 0 Å². The predicted octanol–water partition coefficient (Wildman–Crippen LogP) is 4.07. The molecule has 0 radical (unpaired) electrons. The zero-order valence-corrected chi connectivity index (χ0v) is 14.2. The fourth-order valence-corrected chi connectivity index (χ4v) is 3.41. The molecule has 1 aliphatic rings. The van der Waals surface area contributed by atoms with Gasteiger partial charge >= 0.3 is 5.97 Å². The fourth-order valence-electron chi connectivity index (χ4n) is 3.22. The first kappa shape index (κ1) is 17.0. The Bertz CT molecular complexity index is 701. The van der Waals surface area contributed by atoms with E-state index in [9.17, 15) is 4.79 Å². The molecule has 1 aromatic carbocycles. The summed E-state index contributed by atoms with van der Waals surface area (Å²) in [5.74, 6) is 0.316. The van der Waals surface area contributed by atoms with Gasteiger partial charge < -0.3 is 9.52 Å². The summed E-state index contributed by atoms with van der Waals surface area (Å²) in [4.78, 5) is 17.6. The summed E-state index contributed by atoms with van der Waals surface area (Å²) in [6, 6.07) is 7.45. The van der Waals surface area contributed by atoms with E-state index in [0.717, 1.165) is 50.2 Å². The fraction of sp³-hybridized carbons (Fsp3) is 0.444. The van der Waals surface area contributed by atoms with Crippen LogP contribution in [0.2, 0.25) is 5.02 Å². The first-order chi connectivity index (χ1) is 11.6. The van der Waals surface area contributed by atoms with E-state index in [2.05, 4.69) is 9.88 Å². The second-order valence-electron chi connectivity index (χ2n) is 6.33. The van der Waals surface area contributed by atoms with Gasteiger partial charge in [-0.1, -0.05) is 17.7 Å². The lowest BCUT2D eigenvalue weighted by atomic mass is 9.93. The van der Waals surface area contributed by atoms with Crippen molar-refractivity contribution in [2.24, 2.45) is 5.92 Å². The molecule has 0 bridgehead atoms. The van der Waals surface area contributed by atoms with Crippen molar-refractivity contribution in [2.45, 2.75) is 32.2 Å². The summed E-state index contributed by atoms with van der Waals surface area (Å²) < 4.78 is 5.58. The third-order valence-corrected chi connectivity index (χ3v) is 4.61. The summed E-state index contributed by atoms with van der Waals surface area (Å²) in [7, 11) is 0. The van der Waals surface area contributed by atoms with Gasteiger partial charge in [-0.05, 0) is 49.9 Å². The average Bonchev–Trinajstić information content (AvgIpc) is 3.02. The van der Waals surface area contributed by atoms with Gasteiger partial charge in [0.15, 0.2) is 0 Å². The summed E-state index contributed by atoms with van der Waals surface area (Å²) >= 11 is 6.01. The number of hydrogen-bond donors (Lipinski definition) is 1. The molecule has 128 valence electrons. The minimum atomic E-state index is -0.713. The zero-order valence-electron chi connectivity index (χ0n) is 13.4. The number of hydrogen-bond acceptors (Lipinski definition) is 4. The minimum absolute atomic E-state index is 0.251. The standard InChI is InChI=1S/C18H21ClN2O3/c19-15-5-1-4-14(9-15)18-20-16(12-24-18)11-21-8-2-3-13(10-21)6-7-17(22)23/h1,4-5,9,12-13H,2-3,6-8,10-11H2,(H,22,23). The maximum absolute atomic E-state index is 10.7. The molecule has 1 saturated heterocycles. The molecule has 0 amide bonds. The molecule has 5 nitrogen and oxygen atoms in total. The highest BCUT2D eigenvalue weighted by molar-refractivity contribution is 6.30. The number of piperidine rings is 1. The van der Waals surface area contributed by atoms with Gasteiger partial charge in [-0.15, -0.1) is 0 Å². The third-order valence-electron chi connectivity index (χ3n) is 4.38. The van der Waals surface area contributed by atoms with Crippen LogP contribution in [0, 0.1) is 5.92 Å². The monoisotopic (exact) mass is 348 g/mol. The van der Waals surface area contributed by atoms with Crippen molar-refractivity contribution in [3.8, 4) is 11.5 Å². The summed E-state index contributed by atoms with van der Waals surface area (Å²) in [5.41, 5.74) is 1.76. The minimum Gasteiger partial charge on any atom is -0.481 e. The molecule has 1 N–H and O–H groups in total. The maximum Gasteiger partial charge on any atom is 0.303 e. The van der Waals surface area contributed by atoms with Crippen LogP contribution in [0.25, 0.3) is 11.5 Å². The van der Waals surface area contributed by atoms with Crippen LogP contribution in [-0.2, 0) is 11.3 Å². The number of carboxylic acids is 1. The Morgan fingerprint density at radius 2 is 2.33 bits per heavy atom. The van der Waals surface area contributed by atoms with Gasteiger partial charge in [0.05, 0.1) is 5.69 Å². The number of nitrogens with zero attached hydrogens (tertiary/aromatic N) is 2. The lowest BCUT2D eigenvalue weighted by Gasteiger charge is -2.31. The molecule has 2 heterocycles. The summed E-state index contributed by atoms with van der Waals surface area (Å²) in [6.45, 7) is 2.67. The molecule has 1 unspecified atom stereocenters. The molecule has 1 aliphatic heterocycles. The van der Waals surface area contributed by atoms with E-state index in [1.165, 1.54) is 0 Å². The molecule has 0 spiro atoms. The van der Waals surface area contributed by atoms with Crippen molar-refractivity contribution in [1.82, 2.24) is 9.88 Å². The number of rotatable bonds is 6. The zero-order chi connectivity index (χ0) is 16.9. The Labute approximate surface area is 146 Å². The first-order valence-electron chi connectivity index (χ1n) is 8.24. The number of aromatic nitrogens is 1. The highest BCUT2D eigenvalue weighted by atomic mass is 35.5. The lowest BCUT2D eigenvalue weighted by Crippen LogP contribution is -2.35. The molecular formula is C18H21ClN2O3. The molecule has 1 aromatic heterocycles. The van der Waals surface area contributed by atoms with Crippen molar-refractivity contribution in [3.63, 3.8) is 0 Å². The van der Waals surface area contributed by atoms with Gasteiger partial charge in [0.1, 0.15) is 6.26 Å². The number of carboxylic acid groups (broad SMARTS) is 1. The van der Waals surface area contributed by atoms with E-state index in [0.29, 0.717) is 16.8 Å². The summed E-state index contributed by atoms with van der Waals surface area (Å²) in [5, 5.41) is 9.49. The Morgan fingerprint density at radius 1 is 1.46 bits per heavy atom. The van der Waals surface area contributed by atoms with Gasteiger partial charge in [-0.2, -0.15) is 0 Å². The number of aliphatic carboxylic acids is 1. The van der Waals surface area contributed by atoms with Crippen molar-refractivity contribution in [1.29, 1.82) is 0 Å². The van der Waals surface area contributed by atoms with Crippen LogP contribution in [0.1, 0.15) is 31.4 Å². The Kier molecular flexibility index (Phi) is 5.53. The second-order valence-corrected chi connectivity index (χ2v) is 6.77. The molecular weight excluding hydrogens is 328 g/mol. The molecule has 6 heteroatoms. The highest BCUT2D eigenvalue weighted by Crippen LogP contribution is 2.25. The molecule has 0 aliphatic carbocycles. The van der Waals surface area contributed by atoms with Crippen molar-refractivity contribution in [2.75, 3.05) is 13.1 Å². The summed E-state index contributed by atoms with van der Waals surface area (Å²) in [6.07, 6.45) is 4.90. The van der Waals surface area contributed by atoms with Crippen LogP contribution in [0.5, 0.6) is 0 Å². The van der Waals surface area contributed by atoms with E-state index >= 15 is 0 Å². The normalized spacial score (nSPS) is 18.6. The number of oxazole rings is 1. The van der Waals surface area contributed by atoms with Crippen LogP contribution in [0.15, 0.2) is 34.9 Å². The molecule has 24 heavy (non-hydrogen) atoms. The quantitative estimate of drug-likeness (QED) is 0.852. The van der Waals surface area contributed by atoms with E-state index in [4.69, 9.17) is 21.1 Å². The predicted molar refractivity (Wildman–Crippen MR) is 91.8 cm³/mol. The van der Waals surface area contributed by atoms with Crippen LogP contribution in [0.4, 0.5) is 0 Å². The van der Waals surface area contributed by atoms with Crippen molar-refractivity contribution in [3.05, 3.63) is 41.2 Å². The van der Waals surface area contributed by atoms with E-state index in [-0.39, 0.29) is 6.42 Å². The van der Waals surface area contributed by atoms with Gasteiger partial charge in [0, 0.05) is 30.1 Å². The Morgan fingerprint density at radius 3 is 3.12 bits per heavy atom. The average molecular weight is 349 g/mol. The maximum atomic E-state index is 10.7. The molecule has 3 rings (SSSR count). The van der Waals surface area contributed by atoms with Gasteiger partial charge in [0.2, 0.25) is 5.89 Å². The van der Waals surface area contributed by atoms with Crippen molar-refractivity contribution < 1.29 is 14.3 Å². The number of likely N-dealkylation sites (tertiary alicyclic amines) is 1. The second kappa shape index (κ2) is 7.81. The van der Waals surface area contributed by atoms with Gasteiger partial charge in [0.25, 0.3) is 0 Å². The van der Waals surface area contributed by atoms with Crippen molar-refractivity contribution >= 4 is 17.6 Å². The number of halogens is 1. The molecule has 1 fully saturated rings.